The van der Waals surface area contributed by atoms with Crippen molar-refractivity contribution in [2.24, 2.45) is 0 Å². The first-order valence-corrected chi connectivity index (χ1v) is 19.4. The van der Waals surface area contributed by atoms with E-state index in [2.05, 4.69) is 179 Å². The number of thiophene rings is 1. The van der Waals surface area contributed by atoms with Crippen LogP contribution in [0.4, 0.5) is 0 Å². The highest BCUT2D eigenvalue weighted by Gasteiger charge is 2.23. The third-order valence-electron chi connectivity index (χ3n) is 11.2. The summed E-state index contributed by atoms with van der Waals surface area (Å²) in [5.41, 5.74) is 10.1. The van der Waals surface area contributed by atoms with Gasteiger partial charge in [0.05, 0.1) is 45.8 Å². The summed E-state index contributed by atoms with van der Waals surface area (Å²) < 4.78 is 7.29. The summed E-state index contributed by atoms with van der Waals surface area (Å²) in [7, 11) is 0. The second-order valence-electron chi connectivity index (χ2n) is 14.1. The lowest BCUT2D eigenvalue weighted by Crippen LogP contribution is -2.00. The molecule has 0 aliphatic carbocycles. The minimum Gasteiger partial charge on any atom is -0.309 e. The van der Waals surface area contributed by atoms with Crippen molar-refractivity contribution in [3.63, 3.8) is 0 Å². The fourth-order valence-corrected chi connectivity index (χ4v) is 10.1. The maximum atomic E-state index is 5.44. The molecule has 0 atom stereocenters. The molecule has 0 fully saturated rings. The predicted molar refractivity (Wildman–Crippen MR) is 232 cm³/mol. The Morgan fingerprint density at radius 3 is 1.96 bits per heavy atom. The molecule has 55 heavy (non-hydrogen) atoms. The van der Waals surface area contributed by atoms with Crippen molar-refractivity contribution in [2.45, 2.75) is 0 Å². The van der Waals surface area contributed by atoms with Gasteiger partial charge in [0.2, 0.25) is 0 Å². The van der Waals surface area contributed by atoms with E-state index in [1.54, 1.807) is 0 Å². The molecule has 12 aromatic rings. The van der Waals surface area contributed by atoms with Gasteiger partial charge in [0.1, 0.15) is 0 Å². The average molecular weight is 719 g/mol. The second kappa shape index (κ2) is 11.7. The van der Waals surface area contributed by atoms with Gasteiger partial charge in [-0.2, -0.15) is 0 Å². The number of fused-ring (bicyclic) bond motifs is 11. The third kappa shape index (κ3) is 4.39. The summed E-state index contributed by atoms with van der Waals surface area (Å²) >= 11 is 1.82. The number of benzene rings is 8. The molecule has 0 aliphatic heterocycles. The largest absolute Gasteiger partial charge is 0.309 e. The quantitative estimate of drug-likeness (QED) is 0.182. The molecule has 0 unspecified atom stereocenters. The first-order valence-electron chi connectivity index (χ1n) is 18.6. The van der Waals surface area contributed by atoms with Crippen molar-refractivity contribution >= 4 is 85.9 Å². The van der Waals surface area contributed by atoms with Gasteiger partial charge in [-0.05, 0) is 46.8 Å². The van der Waals surface area contributed by atoms with Crippen LogP contribution >= 0.6 is 11.3 Å². The summed E-state index contributed by atoms with van der Waals surface area (Å²) in [6.07, 6.45) is 3.82. The average Bonchev–Trinajstić information content (AvgIpc) is 3.91. The molecule has 0 aliphatic rings. The molecule has 0 bridgehead atoms. The van der Waals surface area contributed by atoms with Gasteiger partial charge in [-0.1, -0.05) is 140 Å². The summed E-state index contributed by atoms with van der Waals surface area (Å²) in [5, 5.41) is 9.73. The zero-order valence-electron chi connectivity index (χ0n) is 29.5. The Morgan fingerprint density at radius 1 is 0.418 bits per heavy atom. The summed E-state index contributed by atoms with van der Waals surface area (Å²) in [6.45, 7) is 0. The number of nitrogens with zero attached hydrogens (tertiary/aromatic N) is 4. The highest BCUT2D eigenvalue weighted by molar-refractivity contribution is 7.26. The Kier molecular flexibility index (Phi) is 6.47. The summed E-state index contributed by atoms with van der Waals surface area (Å²) in [5.74, 6) is 0.795. The highest BCUT2D eigenvalue weighted by Crippen LogP contribution is 2.44. The molecule has 12 rings (SSSR count). The molecule has 4 aromatic heterocycles. The Morgan fingerprint density at radius 2 is 1.09 bits per heavy atom. The van der Waals surface area contributed by atoms with Crippen molar-refractivity contribution in [1.29, 1.82) is 0 Å². The molecule has 4 nitrogen and oxygen atoms in total. The van der Waals surface area contributed by atoms with E-state index in [1.165, 1.54) is 63.6 Å². The van der Waals surface area contributed by atoms with Crippen molar-refractivity contribution in [2.75, 3.05) is 0 Å². The van der Waals surface area contributed by atoms with Gasteiger partial charge in [0, 0.05) is 52.7 Å². The molecule has 0 radical (unpaired) electrons. The van der Waals surface area contributed by atoms with E-state index in [9.17, 15) is 0 Å². The van der Waals surface area contributed by atoms with Crippen LogP contribution < -0.4 is 0 Å². The van der Waals surface area contributed by atoms with Crippen LogP contribution in [0.5, 0.6) is 0 Å². The van der Waals surface area contributed by atoms with Crippen LogP contribution in [0.25, 0.3) is 108 Å². The fraction of sp³-hybridized carbons (Fsp3) is 0. The third-order valence-corrected chi connectivity index (χ3v) is 12.4. The van der Waals surface area contributed by atoms with E-state index in [-0.39, 0.29) is 0 Å². The van der Waals surface area contributed by atoms with Crippen LogP contribution in [0.15, 0.2) is 182 Å². The minimum absolute atomic E-state index is 0.795. The molecule has 8 aromatic carbocycles. The lowest BCUT2D eigenvalue weighted by molar-refractivity contribution is 1.05. The Labute approximate surface area is 319 Å². The monoisotopic (exact) mass is 718 g/mol. The highest BCUT2D eigenvalue weighted by atomic mass is 32.1. The summed E-state index contributed by atoms with van der Waals surface area (Å²) in [4.78, 5) is 10.3. The van der Waals surface area contributed by atoms with Gasteiger partial charge < -0.3 is 4.57 Å². The van der Waals surface area contributed by atoms with Gasteiger partial charge >= 0.3 is 0 Å². The molecule has 0 saturated heterocycles. The molecule has 0 amide bonds. The number of hydrogen-bond acceptors (Lipinski definition) is 3. The Bertz CT molecular complexity index is 3500. The van der Waals surface area contributed by atoms with Crippen LogP contribution in [-0.2, 0) is 0 Å². The van der Waals surface area contributed by atoms with Crippen molar-refractivity contribution in [3.05, 3.63) is 182 Å². The predicted octanol–water partition coefficient (Wildman–Crippen LogP) is 13.5. The van der Waals surface area contributed by atoms with Crippen LogP contribution in [0.1, 0.15) is 0 Å². The Balaban J connectivity index is 1.15. The molecular formula is C50H30N4S. The standard InChI is InChI=1S/C50H30N4S/c1-2-13-31(14-3-1)32-18-10-20-34-33(32)19-12-25-42(34)53-44-24-8-5-17-40(44)48-45(53)28-27-37-35-15-4-7-23-43(35)54(49(37)48)47-30-51-29-41(52-47)39-22-11-21-38-36-16-6-9-26-46(36)55-50(38)39/h1-30H. The van der Waals surface area contributed by atoms with E-state index in [4.69, 9.17) is 9.97 Å². The van der Waals surface area contributed by atoms with E-state index in [0.717, 1.165) is 44.8 Å². The van der Waals surface area contributed by atoms with Crippen LogP contribution in [0, 0.1) is 0 Å². The van der Waals surface area contributed by atoms with Crippen molar-refractivity contribution in [1.82, 2.24) is 19.1 Å². The van der Waals surface area contributed by atoms with Gasteiger partial charge in [-0.3, -0.25) is 9.55 Å². The van der Waals surface area contributed by atoms with E-state index in [1.807, 2.05) is 23.7 Å². The Hall–Kier alpha value is -7.08. The molecule has 0 spiro atoms. The van der Waals surface area contributed by atoms with Gasteiger partial charge in [0.25, 0.3) is 0 Å². The van der Waals surface area contributed by atoms with Gasteiger partial charge in [-0.25, -0.2) is 4.98 Å². The zero-order valence-corrected chi connectivity index (χ0v) is 30.3. The number of aromatic nitrogens is 4. The normalized spacial score (nSPS) is 12.0. The van der Waals surface area contributed by atoms with E-state index >= 15 is 0 Å². The SMILES string of the molecule is c1ccc(-c2cccc3c(-n4c5ccccc5c5c4ccc4c6ccccc6n(-c6cncc(-c7cccc8c7sc7ccccc78)n6)c45)cccc23)cc1. The van der Waals surface area contributed by atoms with Crippen molar-refractivity contribution in [3.8, 4) is 33.9 Å². The van der Waals surface area contributed by atoms with Crippen LogP contribution in [0.3, 0.4) is 0 Å². The molecule has 4 heterocycles. The van der Waals surface area contributed by atoms with Gasteiger partial charge in [-0.15, -0.1) is 11.3 Å². The van der Waals surface area contributed by atoms with Crippen LogP contribution in [-0.4, -0.2) is 19.1 Å². The van der Waals surface area contributed by atoms with Gasteiger partial charge in [0.15, 0.2) is 5.82 Å². The zero-order chi connectivity index (χ0) is 36.0. The molecular weight excluding hydrogens is 689 g/mol. The first-order chi connectivity index (χ1) is 27.3. The van der Waals surface area contributed by atoms with Crippen LogP contribution in [0.2, 0.25) is 0 Å². The maximum Gasteiger partial charge on any atom is 0.156 e. The number of rotatable bonds is 4. The maximum absolute atomic E-state index is 5.44. The topological polar surface area (TPSA) is 35.6 Å². The molecule has 0 saturated carbocycles. The fourth-order valence-electron chi connectivity index (χ4n) is 8.91. The minimum atomic E-state index is 0.795. The molecule has 0 N–H and O–H groups in total. The van der Waals surface area contributed by atoms with E-state index < -0.39 is 0 Å². The summed E-state index contributed by atoms with van der Waals surface area (Å²) in [6, 6.07) is 61.3. The first kappa shape index (κ1) is 30.4. The lowest BCUT2D eigenvalue weighted by Gasteiger charge is -2.14. The second-order valence-corrected chi connectivity index (χ2v) is 15.2. The molecule has 256 valence electrons. The number of hydrogen-bond donors (Lipinski definition) is 0. The lowest BCUT2D eigenvalue weighted by atomic mass is 9.97. The number of para-hydroxylation sites is 2. The smallest absolute Gasteiger partial charge is 0.156 e. The molecule has 5 heteroatoms. The van der Waals surface area contributed by atoms with Crippen molar-refractivity contribution < 1.29 is 0 Å². The van der Waals surface area contributed by atoms with E-state index in [0.29, 0.717) is 0 Å².